The molecular formula is C17H22N2O2S. The van der Waals surface area contributed by atoms with Crippen LogP contribution in [0.4, 0.5) is 0 Å². The smallest absolute Gasteiger partial charge is 0.257 e. The summed E-state index contributed by atoms with van der Waals surface area (Å²) in [4.78, 5) is 14.0. The van der Waals surface area contributed by atoms with E-state index >= 15 is 0 Å². The van der Waals surface area contributed by atoms with Crippen molar-refractivity contribution in [3.63, 3.8) is 0 Å². The van der Waals surface area contributed by atoms with Crippen LogP contribution in [-0.2, 0) is 0 Å². The molecule has 1 aromatic carbocycles. The van der Waals surface area contributed by atoms with Crippen molar-refractivity contribution in [1.29, 1.82) is 0 Å². The predicted molar refractivity (Wildman–Crippen MR) is 94.3 cm³/mol. The lowest BCUT2D eigenvalue weighted by molar-refractivity contribution is 0.0974. The highest BCUT2D eigenvalue weighted by Crippen LogP contribution is 2.12. The van der Waals surface area contributed by atoms with E-state index in [-0.39, 0.29) is 5.91 Å². The normalized spacial score (nSPS) is 9.68. The van der Waals surface area contributed by atoms with Crippen molar-refractivity contribution in [3.8, 4) is 5.75 Å². The third kappa shape index (κ3) is 5.69. The lowest BCUT2D eigenvalue weighted by Crippen LogP contribution is -2.42. The van der Waals surface area contributed by atoms with Crippen LogP contribution in [0.15, 0.2) is 49.6 Å². The minimum absolute atomic E-state index is 0.245. The standard InChI is InChI=1S/C17H22N2O2S/c1-4-11-19(12-5-2)17(22)18-16(20)14-7-9-15(10-8-14)21-13-6-3/h4-5,7-10H,1-2,6,11-13H2,3H3,(H,18,20,22). The predicted octanol–water partition coefficient (Wildman–Crippen LogP) is 3.16. The Labute approximate surface area is 137 Å². The Bertz CT molecular complexity index is 516. The summed E-state index contributed by atoms with van der Waals surface area (Å²) in [6.45, 7) is 11.2. The fourth-order valence-corrected chi connectivity index (χ4v) is 1.96. The van der Waals surface area contributed by atoms with Gasteiger partial charge in [-0.05, 0) is 42.9 Å². The molecule has 0 radical (unpaired) electrons. The first-order valence-corrected chi connectivity index (χ1v) is 7.58. The van der Waals surface area contributed by atoms with Crippen molar-refractivity contribution in [3.05, 3.63) is 55.1 Å². The average Bonchev–Trinajstić information content (AvgIpc) is 2.53. The summed E-state index contributed by atoms with van der Waals surface area (Å²) in [7, 11) is 0. The lowest BCUT2D eigenvalue weighted by Gasteiger charge is -2.22. The van der Waals surface area contributed by atoms with Gasteiger partial charge in [-0.25, -0.2) is 0 Å². The third-order valence-electron chi connectivity index (χ3n) is 2.80. The number of benzene rings is 1. The molecule has 118 valence electrons. The van der Waals surface area contributed by atoms with Crippen LogP contribution in [0.2, 0.25) is 0 Å². The van der Waals surface area contributed by atoms with E-state index in [0.717, 1.165) is 12.2 Å². The van der Waals surface area contributed by atoms with Crippen LogP contribution >= 0.6 is 12.2 Å². The molecule has 1 N–H and O–H groups in total. The molecule has 1 amide bonds. The zero-order valence-corrected chi connectivity index (χ0v) is 13.7. The van der Waals surface area contributed by atoms with Gasteiger partial charge in [0.05, 0.1) is 6.61 Å². The molecule has 0 atom stereocenters. The molecule has 0 saturated carbocycles. The van der Waals surface area contributed by atoms with E-state index < -0.39 is 0 Å². The number of ether oxygens (including phenoxy) is 1. The number of hydrogen-bond acceptors (Lipinski definition) is 3. The summed E-state index contributed by atoms with van der Waals surface area (Å²) >= 11 is 5.24. The van der Waals surface area contributed by atoms with Crippen molar-refractivity contribution in [2.45, 2.75) is 13.3 Å². The second-order valence-corrected chi connectivity index (χ2v) is 5.00. The SMILES string of the molecule is C=CCN(CC=C)C(=S)NC(=O)c1ccc(OCCC)cc1. The number of nitrogens with zero attached hydrogens (tertiary/aromatic N) is 1. The van der Waals surface area contributed by atoms with Crippen molar-refractivity contribution in [2.75, 3.05) is 19.7 Å². The first-order chi connectivity index (χ1) is 10.6. The number of thiocarbonyl (C=S) groups is 1. The topological polar surface area (TPSA) is 41.6 Å². The zero-order valence-electron chi connectivity index (χ0n) is 12.9. The fourth-order valence-electron chi connectivity index (χ4n) is 1.72. The number of carbonyl (C=O) groups is 1. The minimum Gasteiger partial charge on any atom is -0.494 e. The van der Waals surface area contributed by atoms with Gasteiger partial charge < -0.3 is 9.64 Å². The molecule has 0 spiro atoms. The quantitative estimate of drug-likeness (QED) is 0.590. The molecule has 5 heteroatoms. The van der Waals surface area contributed by atoms with Crippen LogP contribution in [0.25, 0.3) is 0 Å². The Morgan fingerprint density at radius 1 is 1.27 bits per heavy atom. The maximum Gasteiger partial charge on any atom is 0.257 e. The Hall–Kier alpha value is -2.14. The second-order valence-electron chi connectivity index (χ2n) is 4.61. The maximum absolute atomic E-state index is 12.2. The van der Waals surface area contributed by atoms with E-state index in [1.165, 1.54) is 0 Å². The fraction of sp³-hybridized carbons (Fsp3) is 0.294. The summed E-state index contributed by atoms with van der Waals surface area (Å²) in [5, 5.41) is 3.07. The van der Waals surface area contributed by atoms with Crippen molar-refractivity contribution in [2.24, 2.45) is 0 Å². The van der Waals surface area contributed by atoms with Gasteiger partial charge in [-0.15, -0.1) is 13.2 Å². The Kier molecular flexibility index (Phi) is 7.92. The van der Waals surface area contributed by atoms with E-state index in [2.05, 4.69) is 18.5 Å². The molecule has 0 heterocycles. The molecule has 1 aromatic rings. The Morgan fingerprint density at radius 2 is 1.86 bits per heavy atom. The van der Waals surface area contributed by atoms with E-state index in [1.807, 2.05) is 6.92 Å². The van der Waals surface area contributed by atoms with E-state index in [0.29, 0.717) is 30.4 Å². The average molecular weight is 318 g/mol. The van der Waals surface area contributed by atoms with Gasteiger partial charge in [0.2, 0.25) is 0 Å². The monoisotopic (exact) mass is 318 g/mol. The number of rotatable bonds is 8. The van der Waals surface area contributed by atoms with Crippen LogP contribution < -0.4 is 10.1 Å². The van der Waals surface area contributed by atoms with Crippen LogP contribution in [0.1, 0.15) is 23.7 Å². The molecule has 0 bridgehead atoms. The molecule has 1 rings (SSSR count). The summed E-state index contributed by atoms with van der Waals surface area (Å²) in [6.07, 6.45) is 4.39. The van der Waals surface area contributed by atoms with Crippen LogP contribution in [-0.4, -0.2) is 35.6 Å². The van der Waals surface area contributed by atoms with E-state index in [4.69, 9.17) is 17.0 Å². The van der Waals surface area contributed by atoms with Gasteiger partial charge in [-0.3, -0.25) is 10.1 Å². The molecular weight excluding hydrogens is 296 g/mol. The maximum atomic E-state index is 12.2. The summed E-state index contributed by atoms with van der Waals surface area (Å²) in [5.41, 5.74) is 0.531. The van der Waals surface area contributed by atoms with Gasteiger partial charge >= 0.3 is 0 Å². The summed E-state index contributed by atoms with van der Waals surface area (Å²) < 4.78 is 5.49. The highest BCUT2D eigenvalue weighted by atomic mass is 32.1. The first-order valence-electron chi connectivity index (χ1n) is 7.17. The second kappa shape index (κ2) is 9.73. The number of carbonyl (C=O) groups excluding carboxylic acids is 1. The van der Waals surface area contributed by atoms with Crippen molar-refractivity contribution < 1.29 is 9.53 Å². The number of amides is 1. The molecule has 0 unspecified atom stereocenters. The highest BCUT2D eigenvalue weighted by Gasteiger charge is 2.12. The first kappa shape index (κ1) is 17.9. The molecule has 22 heavy (non-hydrogen) atoms. The van der Waals surface area contributed by atoms with Crippen molar-refractivity contribution in [1.82, 2.24) is 10.2 Å². The third-order valence-corrected chi connectivity index (χ3v) is 3.16. The van der Waals surface area contributed by atoms with Gasteiger partial charge in [-0.1, -0.05) is 19.1 Å². The number of nitrogens with one attached hydrogen (secondary N) is 1. The molecule has 0 aliphatic carbocycles. The van der Waals surface area contributed by atoms with E-state index in [9.17, 15) is 4.79 Å². The highest BCUT2D eigenvalue weighted by molar-refractivity contribution is 7.80. The van der Waals surface area contributed by atoms with Gasteiger partial charge in [0.15, 0.2) is 5.11 Å². The summed E-state index contributed by atoms with van der Waals surface area (Å²) in [6, 6.07) is 6.99. The van der Waals surface area contributed by atoms with E-state index in [1.54, 1.807) is 41.3 Å². The molecule has 0 aromatic heterocycles. The van der Waals surface area contributed by atoms with Crippen LogP contribution in [0, 0.1) is 0 Å². The van der Waals surface area contributed by atoms with Gasteiger partial charge in [0, 0.05) is 18.7 Å². The molecule has 0 saturated heterocycles. The van der Waals surface area contributed by atoms with Gasteiger partial charge in [0.25, 0.3) is 5.91 Å². The molecule has 4 nitrogen and oxygen atoms in total. The molecule has 0 fully saturated rings. The minimum atomic E-state index is -0.245. The lowest BCUT2D eigenvalue weighted by atomic mass is 10.2. The summed E-state index contributed by atoms with van der Waals surface area (Å²) in [5.74, 6) is 0.506. The van der Waals surface area contributed by atoms with Gasteiger partial charge in [-0.2, -0.15) is 0 Å². The van der Waals surface area contributed by atoms with Crippen LogP contribution in [0.3, 0.4) is 0 Å². The zero-order chi connectivity index (χ0) is 16.4. The number of hydrogen-bond donors (Lipinski definition) is 1. The molecule has 0 aliphatic heterocycles. The van der Waals surface area contributed by atoms with Crippen molar-refractivity contribution >= 4 is 23.2 Å². The van der Waals surface area contributed by atoms with Crippen LogP contribution in [0.5, 0.6) is 5.75 Å². The Morgan fingerprint density at radius 3 is 2.36 bits per heavy atom. The largest absolute Gasteiger partial charge is 0.494 e. The molecule has 0 aliphatic rings. The van der Waals surface area contributed by atoms with Gasteiger partial charge in [0.1, 0.15) is 5.75 Å². The Balaban J connectivity index is 2.65.